The molecule has 0 aliphatic carbocycles. The number of aliphatic hydroxyl groups is 1. The van der Waals surface area contributed by atoms with Crippen molar-refractivity contribution in [2.24, 2.45) is 0 Å². The van der Waals surface area contributed by atoms with Gasteiger partial charge in [-0.05, 0) is 37.9 Å². The number of benzene rings is 1. The molecule has 0 aliphatic rings. The minimum absolute atomic E-state index is 0.171. The van der Waals surface area contributed by atoms with Crippen molar-refractivity contribution in [3.8, 4) is 0 Å². The molecule has 1 aromatic carbocycles. The van der Waals surface area contributed by atoms with Crippen LogP contribution < -0.4 is 5.32 Å². The SMILES string of the molecule is CC(NCCCCO)c1cccc(Cl)c1Cl. The second-order valence-electron chi connectivity index (χ2n) is 3.75. The average Bonchev–Trinajstić information content (AvgIpc) is 2.28. The van der Waals surface area contributed by atoms with Gasteiger partial charge >= 0.3 is 0 Å². The Bertz CT molecular complexity index is 331. The minimum atomic E-state index is 0.171. The van der Waals surface area contributed by atoms with Gasteiger partial charge in [0.15, 0.2) is 0 Å². The summed E-state index contributed by atoms with van der Waals surface area (Å²) < 4.78 is 0. The van der Waals surface area contributed by atoms with Crippen molar-refractivity contribution in [1.82, 2.24) is 5.32 Å². The summed E-state index contributed by atoms with van der Waals surface area (Å²) >= 11 is 12.1. The number of hydrogen-bond acceptors (Lipinski definition) is 2. The summed E-state index contributed by atoms with van der Waals surface area (Å²) in [6.45, 7) is 3.16. The van der Waals surface area contributed by atoms with Gasteiger partial charge in [0.25, 0.3) is 0 Å². The smallest absolute Gasteiger partial charge is 0.0639 e. The van der Waals surface area contributed by atoms with Crippen LogP contribution in [-0.2, 0) is 0 Å². The fraction of sp³-hybridized carbons (Fsp3) is 0.500. The maximum Gasteiger partial charge on any atom is 0.0639 e. The van der Waals surface area contributed by atoms with Crippen LogP contribution in [0.1, 0.15) is 31.4 Å². The Morgan fingerprint density at radius 1 is 1.31 bits per heavy atom. The first-order valence-electron chi connectivity index (χ1n) is 5.45. The third-order valence-electron chi connectivity index (χ3n) is 2.48. The highest BCUT2D eigenvalue weighted by Crippen LogP contribution is 2.29. The van der Waals surface area contributed by atoms with Crippen molar-refractivity contribution in [3.63, 3.8) is 0 Å². The van der Waals surface area contributed by atoms with Gasteiger partial charge in [0.2, 0.25) is 0 Å². The molecule has 16 heavy (non-hydrogen) atoms. The standard InChI is InChI=1S/C12H17Cl2NO/c1-9(15-7-2-3-8-16)10-5-4-6-11(13)12(10)14/h4-6,9,15-16H,2-3,7-8H2,1H3. The van der Waals surface area contributed by atoms with Gasteiger partial charge in [-0.2, -0.15) is 0 Å². The summed E-state index contributed by atoms with van der Waals surface area (Å²) in [6.07, 6.45) is 1.78. The third kappa shape index (κ3) is 3.95. The predicted octanol–water partition coefficient (Wildman–Crippen LogP) is 3.42. The van der Waals surface area contributed by atoms with E-state index in [1.165, 1.54) is 0 Å². The first-order valence-corrected chi connectivity index (χ1v) is 6.20. The molecule has 0 radical (unpaired) electrons. The van der Waals surface area contributed by atoms with Crippen molar-refractivity contribution in [2.45, 2.75) is 25.8 Å². The molecule has 0 saturated heterocycles. The Morgan fingerprint density at radius 3 is 2.75 bits per heavy atom. The number of halogens is 2. The van der Waals surface area contributed by atoms with Gasteiger partial charge in [-0.3, -0.25) is 0 Å². The van der Waals surface area contributed by atoms with E-state index >= 15 is 0 Å². The molecular formula is C12H17Cl2NO. The second kappa shape index (κ2) is 7.13. The number of aliphatic hydroxyl groups excluding tert-OH is 1. The zero-order valence-corrected chi connectivity index (χ0v) is 10.9. The van der Waals surface area contributed by atoms with Crippen LogP contribution in [0.5, 0.6) is 0 Å². The maximum absolute atomic E-state index is 8.66. The Balaban J connectivity index is 2.52. The van der Waals surface area contributed by atoms with E-state index in [0.29, 0.717) is 10.0 Å². The predicted molar refractivity (Wildman–Crippen MR) is 69.2 cm³/mol. The molecule has 0 aliphatic heterocycles. The molecule has 1 rings (SSSR count). The number of hydrogen-bond donors (Lipinski definition) is 2. The van der Waals surface area contributed by atoms with Crippen molar-refractivity contribution in [2.75, 3.05) is 13.2 Å². The zero-order chi connectivity index (χ0) is 12.0. The fourth-order valence-electron chi connectivity index (χ4n) is 1.52. The minimum Gasteiger partial charge on any atom is -0.396 e. The van der Waals surface area contributed by atoms with Crippen LogP contribution in [0.15, 0.2) is 18.2 Å². The number of rotatable bonds is 6. The molecule has 0 spiro atoms. The first kappa shape index (κ1) is 13.8. The molecular weight excluding hydrogens is 245 g/mol. The molecule has 1 atom stereocenters. The summed E-state index contributed by atoms with van der Waals surface area (Å²) in [5, 5.41) is 13.2. The fourth-order valence-corrected chi connectivity index (χ4v) is 1.99. The van der Waals surface area contributed by atoms with Crippen LogP contribution in [0.2, 0.25) is 10.0 Å². The van der Waals surface area contributed by atoms with E-state index in [0.717, 1.165) is 24.9 Å². The van der Waals surface area contributed by atoms with E-state index in [4.69, 9.17) is 28.3 Å². The Labute approximate surface area is 107 Å². The van der Waals surface area contributed by atoms with E-state index in [1.807, 2.05) is 12.1 Å². The summed E-state index contributed by atoms with van der Waals surface area (Å²) in [5.74, 6) is 0. The third-order valence-corrected chi connectivity index (χ3v) is 3.32. The quantitative estimate of drug-likeness (QED) is 0.770. The molecule has 90 valence electrons. The van der Waals surface area contributed by atoms with Crippen LogP contribution in [-0.4, -0.2) is 18.3 Å². The Kier molecular flexibility index (Phi) is 6.14. The molecule has 0 aromatic heterocycles. The summed E-state index contributed by atoms with van der Waals surface area (Å²) in [5.41, 5.74) is 1.01. The normalized spacial score (nSPS) is 12.8. The molecule has 2 N–H and O–H groups in total. The van der Waals surface area contributed by atoms with E-state index in [2.05, 4.69) is 12.2 Å². The van der Waals surface area contributed by atoms with Crippen LogP contribution in [0.3, 0.4) is 0 Å². The van der Waals surface area contributed by atoms with Gasteiger partial charge in [0, 0.05) is 12.6 Å². The average molecular weight is 262 g/mol. The van der Waals surface area contributed by atoms with E-state index < -0.39 is 0 Å². The molecule has 0 fully saturated rings. The highest BCUT2D eigenvalue weighted by Gasteiger charge is 2.10. The summed E-state index contributed by atoms with van der Waals surface area (Å²) in [4.78, 5) is 0. The lowest BCUT2D eigenvalue weighted by Crippen LogP contribution is -2.20. The molecule has 0 amide bonds. The second-order valence-corrected chi connectivity index (χ2v) is 4.53. The van der Waals surface area contributed by atoms with Gasteiger partial charge < -0.3 is 10.4 Å². The molecule has 2 nitrogen and oxygen atoms in total. The monoisotopic (exact) mass is 261 g/mol. The highest BCUT2D eigenvalue weighted by molar-refractivity contribution is 6.42. The van der Waals surface area contributed by atoms with E-state index in [9.17, 15) is 0 Å². The van der Waals surface area contributed by atoms with Gasteiger partial charge in [-0.25, -0.2) is 0 Å². The number of unbranched alkanes of at least 4 members (excludes halogenated alkanes) is 1. The van der Waals surface area contributed by atoms with Crippen molar-refractivity contribution >= 4 is 23.2 Å². The zero-order valence-electron chi connectivity index (χ0n) is 9.34. The lowest BCUT2D eigenvalue weighted by atomic mass is 10.1. The van der Waals surface area contributed by atoms with Gasteiger partial charge in [-0.1, -0.05) is 35.3 Å². The molecule has 0 saturated carbocycles. The van der Waals surface area contributed by atoms with Crippen LogP contribution in [0.25, 0.3) is 0 Å². The molecule has 1 aromatic rings. The molecule has 0 bridgehead atoms. The van der Waals surface area contributed by atoms with Crippen molar-refractivity contribution in [3.05, 3.63) is 33.8 Å². The largest absolute Gasteiger partial charge is 0.396 e. The topological polar surface area (TPSA) is 32.3 Å². The van der Waals surface area contributed by atoms with Crippen LogP contribution in [0, 0.1) is 0 Å². The lowest BCUT2D eigenvalue weighted by molar-refractivity contribution is 0.283. The summed E-state index contributed by atoms with van der Waals surface area (Å²) in [6, 6.07) is 5.82. The van der Waals surface area contributed by atoms with Crippen molar-refractivity contribution in [1.29, 1.82) is 0 Å². The van der Waals surface area contributed by atoms with E-state index in [-0.39, 0.29) is 12.6 Å². The lowest BCUT2D eigenvalue weighted by Gasteiger charge is -2.16. The van der Waals surface area contributed by atoms with Gasteiger partial charge in [-0.15, -0.1) is 0 Å². The number of nitrogens with one attached hydrogen (secondary N) is 1. The van der Waals surface area contributed by atoms with Crippen LogP contribution >= 0.6 is 23.2 Å². The van der Waals surface area contributed by atoms with Gasteiger partial charge in [0.05, 0.1) is 10.0 Å². The molecule has 1 unspecified atom stereocenters. The Morgan fingerprint density at radius 2 is 2.06 bits per heavy atom. The maximum atomic E-state index is 8.66. The molecule has 0 heterocycles. The summed E-state index contributed by atoms with van der Waals surface area (Å²) in [7, 11) is 0. The molecule has 4 heteroatoms. The van der Waals surface area contributed by atoms with E-state index in [1.54, 1.807) is 6.07 Å². The Hall–Kier alpha value is -0.280. The highest BCUT2D eigenvalue weighted by atomic mass is 35.5. The first-order chi connectivity index (χ1) is 7.66. The van der Waals surface area contributed by atoms with Gasteiger partial charge in [0.1, 0.15) is 0 Å². The van der Waals surface area contributed by atoms with Crippen molar-refractivity contribution < 1.29 is 5.11 Å². The van der Waals surface area contributed by atoms with Crippen LogP contribution in [0.4, 0.5) is 0 Å².